The van der Waals surface area contributed by atoms with Gasteiger partial charge in [-0.1, -0.05) is 26.7 Å². The van der Waals surface area contributed by atoms with Gasteiger partial charge in [0.1, 0.15) is 18.0 Å². The first-order chi connectivity index (χ1) is 17.0. The van der Waals surface area contributed by atoms with E-state index in [1.165, 1.54) is 12.8 Å². The van der Waals surface area contributed by atoms with Gasteiger partial charge < -0.3 is 14.7 Å². The Labute approximate surface area is 206 Å². The molecule has 4 heterocycles. The maximum absolute atomic E-state index is 11.0. The number of aryl methyl sites for hydroxylation is 1. The van der Waals surface area contributed by atoms with E-state index in [2.05, 4.69) is 35.9 Å². The van der Waals surface area contributed by atoms with Gasteiger partial charge in [-0.25, -0.2) is 9.98 Å². The minimum absolute atomic E-state index is 0.283. The smallest absolute Gasteiger partial charge is 0.303 e. The first kappa shape index (κ1) is 23.7. The molecule has 0 unspecified atom stereocenters. The molecule has 8 heteroatoms. The maximum Gasteiger partial charge on any atom is 0.303 e. The van der Waals surface area contributed by atoms with Gasteiger partial charge in [-0.15, -0.1) is 0 Å². The summed E-state index contributed by atoms with van der Waals surface area (Å²) in [6.07, 6.45) is 10.5. The molecular formula is C27H35N5O3. The van der Waals surface area contributed by atoms with E-state index in [4.69, 9.17) is 24.8 Å². The highest BCUT2D eigenvalue weighted by Gasteiger charge is 2.35. The van der Waals surface area contributed by atoms with Crippen molar-refractivity contribution in [2.75, 3.05) is 18.1 Å². The molecule has 0 spiro atoms. The number of hydrogen-bond acceptors (Lipinski definition) is 7. The van der Waals surface area contributed by atoms with Crippen LogP contribution in [0, 0.1) is 11.8 Å². The topological polar surface area (TPSA) is 101 Å². The Kier molecular flexibility index (Phi) is 6.97. The SMILES string of the molecule is CC(C)CCCCc1nc2c3c(n1)OCCN(c1ccc([C@H]4CC[C@@H](CC(=O)O)CC4)nc1)C3=N2. The highest BCUT2D eigenvalue weighted by molar-refractivity contribution is 6.20. The van der Waals surface area contributed by atoms with Gasteiger partial charge in [-0.05, 0) is 56.1 Å². The Hall–Kier alpha value is -3.03. The van der Waals surface area contributed by atoms with Gasteiger partial charge in [0.05, 0.1) is 18.4 Å². The summed E-state index contributed by atoms with van der Waals surface area (Å²) < 4.78 is 6.02. The predicted octanol–water partition coefficient (Wildman–Crippen LogP) is 5.28. The number of carbonyl (C=O) groups is 1. The van der Waals surface area contributed by atoms with Crippen LogP contribution in [0.5, 0.6) is 5.88 Å². The molecule has 0 bridgehead atoms. The average molecular weight is 478 g/mol. The van der Waals surface area contributed by atoms with Gasteiger partial charge in [-0.3, -0.25) is 9.78 Å². The Bertz CT molecular complexity index is 1090. The van der Waals surface area contributed by atoms with Crippen molar-refractivity contribution in [3.63, 3.8) is 0 Å². The highest BCUT2D eigenvalue weighted by atomic mass is 16.5. The summed E-state index contributed by atoms with van der Waals surface area (Å²) in [7, 11) is 0. The lowest BCUT2D eigenvalue weighted by Crippen LogP contribution is -2.36. The zero-order chi connectivity index (χ0) is 24.4. The first-order valence-corrected chi connectivity index (χ1v) is 13.1. The number of ether oxygens (including phenoxy) is 1. The average Bonchev–Trinajstić information content (AvgIpc) is 2.98. The summed E-state index contributed by atoms with van der Waals surface area (Å²) >= 11 is 0. The van der Waals surface area contributed by atoms with Gasteiger partial charge >= 0.3 is 5.97 Å². The van der Waals surface area contributed by atoms with Crippen LogP contribution in [0.1, 0.15) is 88.2 Å². The van der Waals surface area contributed by atoms with Crippen molar-refractivity contribution in [3.8, 4) is 5.88 Å². The third-order valence-corrected chi connectivity index (χ3v) is 7.39. The van der Waals surface area contributed by atoms with Gasteiger partial charge in [0.2, 0.25) is 5.88 Å². The molecule has 1 N–H and O–H groups in total. The van der Waals surface area contributed by atoms with E-state index in [0.29, 0.717) is 30.9 Å². The molecule has 0 atom stereocenters. The number of amidine groups is 1. The number of aliphatic carboxylic acids is 1. The number of nitrogens with zero attached hydrogens (tertiary/aromatic N) is 5. The fourth-order valence-corrected chi connectivity index (χ4v) is 5.40. The number of rotatable bonds is 9. The van der Waals surface area contributed by atoms with Crippen LogP contribution in [0.4, 0.5) is 11.5 Å². The molecule has 0 radical (unpaired) electrons. The lowest BCUT2D eigenvalue weighted by atomic mass is 9.79. The molecule has 8 nitrogen and oxygen atoms in total. The van der Waals surface area contributed by atoms with E-state index in [1.807, 2.05) is 6.20 Å². The van der Waals surface area contributed by atoms with Crippen molar-refractivity contribution in [1.29, 1.82) is 0 Å². The molecule has 2 aromatic heterocycles. The molecule has 0 saturated heterocycles. The molecule has 1 aliphatic carbocycles. The standard InChI is InChI=1S/C27H35N5O3/c1-17(2)5-3-4-6-22-29-25-24-26(31-25)32(13-14-35-27(24)30-22)20-11-12-21(28-16-20)19-9-7-18(8-10-19)15-23(33)34/h11-12,16-19H,3-10,13-15H2,1-2H3,(H,33,34)/t18-,19+. The highest BCUT2D eigenvalue weighted by Crippen LogP contribution is 2.40. The zero-order valence-corrected chi connectivity index (χ0v) is 20.7. The lowest BCUT2D eigenvalue weighted by Gasteiger charge is -2.29. The summed E-state index contributed by atoms with van der Waals surface area (Å²) in [5.74, 6) is 3.81. The van der Waals surface area contributed by atoms with E-state index in [-0.39, 0.29) is 6.42 Å². The molecule has 35 heavy (non-hydrogen) atoms. The third-order valence-electron chi connectivity index (χ3n) is 7.39. The molecule has 5 rings (SSSR count). The van der Waals surface area contributed by atoms with Crippen LogP contribution < -0.4 is 9.64 Å². The summed E-state index contributed by atoms with van der Waals surface area (Å²) in [5.41, 5.74) is 3.00. The Morgan fingerprint density at radius 1 is 1.17 bits per heavy atom. The van der Waals surface area contributed by atoms with Crippen LogP contribution in [0.3, 0.4) is 0 Å². The summed E-state index contributed by atoms with van der Waals surface area (Å²) in [4.78, 5) is 32.0. The van der Waals surface area contributed by atoms with Crippen molar-refractivity contribution < 1.29 is 14.6 Å². The number of anilines is 1. The van der Waals surface area contributed by atoms with E-state index in [1.54, 1.807) is 0 Å². The second-order valence-corrected chi connectivity index (χ2v) is 10.5. The predicted molar refractivity (Wildman–Crippen MR) is 135 cm³/mol. The molecular weight excluding hydrogens is 442 g/mol. The van der Waals surface area contributed by atoms with Crippen LogP contribution in [-0.4, -0.2) is 45.0 Å². The van der Waals surface area contributed by atoms with Gasteiger partial charge in [0.25, 0.3) is 0 Å². The number of carboxylic acid groups (broad SMARTS) is 1. The second kappa shape index (κ2) is 10.3. The van der Waals surface area contributed by atoms with Crippen molar-refractivity contribution in [2.24, 2.45) is 16.8 Å². The largest absolute Gasteiger partial charge is 0.481 e. The molecule has 3 aliphatic rings. The number of aliphatic imine (C=N–C) groups is 1. The monoisotopic (exact) mass is 477 g/mol. The van der Waals surface area contributed by atoms with E-state index >= 15 is 0 Å². The van der Waals surface area contributed by atoms with E-state index < -0.39 is 5.97 Å². The summed E-state index contributed by atoms with van der Waals surface area (Å²) in [6, 6.07) is 4.22. The number of pyridine rings is 1. The van der Waals surface area contributed by atoms with Gasteiger partial charge in [0.15, 0.2) is 11.7 Å². The number of unbranched alkanes of at least 4 members (excludes halogenated alkanes) is 1. The Balaban J connectivity index is 1.23. The van der Waals surface area contributed by atoms with Crippen molar-refractivity contribution >= 4 is 23.3 Å². The van der Waals surface area contributed by atoms with Crippen LogP contribution in [-0.2, 0) is 11.2 Å². The molecule has 2 aromatic rings. The number of carboxylic acids is 1. The van der Waals surface area contributed by atoms with Crippen LogP contribution in [0.2, 0.25) is 0 Å². The van der Waals surface area contributed by atoms with Crippen LogP contribution >= 0.6 is 0 Å². The molecule has 1 saturated carbocycles. The quantitative estimate of drug-likeness (QED) is 0.490. The summed E-state index contributed by atoms with van der Waals surface area (Å²) in [6.45, 7) is 5.72. The Morgan fingerprint density at radius 3 is 2.71 bits per heavy atom. The normalized spacial score (nSPS) is 21.0. The summed E-state index contributed by atoms with van der Waals surface area (Å²) in [5, 5.41) is 9.04. The molecule has 0 amide bonds. The number of aromatic nitrogens is 3. The molecule has 0 aromatic carbocycles. The van der Waals surface area contributed by atoms with Crippen molar-refractivity contribution in [1.82, 2.24) is 15.0 Å². The van der Waals surface area contributed by atoms with Crippen molar-refractivity contribution in [2.45, 2.75) is 77.6 Å². The zero-order valence-electron chi connectivity index (χ0n) is 20.7. The van der Waals surface area contributed by atoms with Gasteiger partial charge in [0, 0.05) is 24.5 Å². The minimum atomic E-state index is -0.691. The maximum atomic E-state index is 11.0. The fourth-order valence-electron chi connectivity index (χ4n) is 5.40. The molecule has 1 fully saturated rings. The number of hydrogen-bond donors (Lipinski definition) is 1. The van der Waals surface area contributed by atoms with Crippen LogP contribution in [0.15, 0.2) is 23.3 Å². The third kappa shape index (κ3) is 5.31. The van der Waals surface area contributed by atoms with Gasteiger partial charge in [-0.2, -0.15) is 4.98 Å². The molecule has 186 valence electrons. The minimum Gasteiger partial charge on any atom is -0.481 e. The fraction of sp³-hybridized carbons (Fsp3) is 0.593. The van der Waals surface area contributed by atoms with E-state index in [9.17, 15) is 4.79 Å². The second-order valence-electron chi connectivity index (χ2n) is 10.5. The molecule has 2 aliphatic heterocycles. The van der Waals surface area contributed by atoms with E-state index in [0.717, 1.165) is 78.9 Å². The van der Waals surface area contributed by atoms with Crippen molar-refractivity contribution in [3.05, 3.63) is 35.4 Å². The lowest BCUT2D eigenvalue weighted by molar-refractivity contribution is -0.138. The Morgan fingerprint density at radius 2 is 2.00 bits per heavy atom. The van der Waals surface area contributed by atoms with Crippen LogP contribution in [0.25, 0.3) is 0 Å². The first-order valence-electron chi connectivity index (χ1n) is 13.1.